The van der Waals surface area contributed by atoms with Gasteiger partial charge in [0.05, 0.1) is 19.1 Å². The Morgan fingerprint density at radius 3 is 2.35 bits per heavy atom. The van der Waals surface area contributed by atoms with Gasteiger partial charge in [0.2, 0.25) is 5.91 Å². The predicted molar refractivity (Wildman–Crippen MR) is 116 cm³/mol. The first-order valence-electron chi connectivity index (χ1n) is 10.9. The lowest BCUT2D eigenvalue weighted by Crippen LogP contribution is -2.45. The number of hydrogen-bond donors (Lipinski definition) is 1. The van der Waals surface area contributed by atoms with Crippen molar-refractivity contribution in [1.29, 1.82) is 0 Å². The highest BCUT2D eigenvalue weighted by Gasteiger charge is 2.35. The van der Waals surface area contributed by atoms with Crippen molar-refractivity contribution in [3.05, 3.63) is 83.7 Å². The molecule has 1 saturated carbocycles. The van der Waals surface area contributed by atoms with Gasteiger partial charge in [0.25, 0.3) is 5.91 Å². The van der Waals surface area contributed by atoms with Crippen LogP contribution in [0.25, 0.3) is 0 Å². The predicted octanol–water partition coefficient (Wildman–Crippen LogP) is 4.88. The van der Waals surface area contributed by atoms with E-state index in [0.717, 1.165) is 37.7 Å². The second-order valence-corrected chi connectivity index (χ2v) is 7.98. The molecule has 6 heteroatoms. The maximum atomic E-state index is 13.5. The molecule has 3 aromatic rings. The van der Waals surface area contributed by atoms with Crippen LogP contribution in [0.1, 0.15) is 66.1 Å². The largest absolute Gasteiger partial charge is 0.467 e. The third-order valence-electron chi connectivity index (χ3n) is 5.86. The number of rotatable bonds is 8. The summed E-state index contributed by atoms with van der Waals surface area (Å²) in [6.07, 6.45) is 8.09. The van der Waals surface area contributed by atoms with E-state index in [1.807, 2.05) is 24.3 Å². The van der Waals surface area contributed by atoms with E-state index in [0.29, 0.717) is 5.76 Å². The highest BCUT2D eigenvalue weighted by Crippen LogP contribution is 2.28. The Kier molecular flexibility index (Phi) is 6.55. The summed E-state index contributed by atoms with van der Waals surface area (Å²) in [4.78, 5) is 28.5. The molecule has 0 unspecified atom stereocenters. The van der Waals surface area contributed by atoms with Crippen LogP contribution in [0.4, 0.5) is 0 Å². The summed E-state index contributed by atoms with van der Waals surface area (Å²) in [6.45, 7) is 2.24. The third kappa shape index (κ3) is 4.90. The molecule has 0 saturated heterocycles. The van der Waals surface area contributed by atoms with Crippen molar-refractivity contribution in [2.75, 3.05) is 0 Å². The van der Waals surface area contributed by atoms with Gasteiger partial charge in [-0.05, 0) is 54.7 Å². The molecule has 31 heavy (non-hydrogen) atoms. The first-order valence-corrected chi connectivity index (χ1v) is 10.9. The molecule has 2 heterocycles. The molecule has 0 radical (unpaired) electrons. The molecule has 1 aliphatic carbocycles. The number of aryl methyl sites for hydroxylation is 1. The second-order valence-electron chi connectivity index (χ2n) is 7.98. The third-order valence-corrected chi connectivity index (χ3v) is 5.86. The molecule has 4 rings (SSSR count). The molecule has 1 aliphatic rings. The first kappa shape index (κ1) is 21.0. The van der Waals surface area contributed by atoms with Crippen molar-refractivity contribution in [1.82, 2.24) is 10.2 Å². The van der Waals surface area contributed by atoms with E-state index in [4.69, 9.17) is 8.83 Å². The summed E-state index contributed by atoms with van der Waals surface area (Å²) < 4.78 is 10.9. The van der Waals surface area contributed by atoms with Crippen LogP contribution in [0, 0.1) is 0 Å². The molecule has 162 valence electrons. The van der Waals surface area contributed by atoms with Gasteiger partial charge in [0.15, 0.2) is 5.76 Å². The van der Waals surface area contributed by atoms with Gasteiger partial charge in [0, 0.05) is 6.04 Å². The minimum Gasteiger partial charge on any atom is -0.467 e. The van der Waals surface area contributed by atoms with Crippen LogP contribution in [0.2, 0.25) is 0 Å². The number of carbonyl (C=O) groups is 2. The van der Waals surface area contributed by atoms with Crippen molar-refractivity contribution in [3.8, 4) is 0 Å². The van der Waals surface area contributed by atoms with Gasteiger partial charge in [0.1, 0.15) is 11.8 Å². The van der Waals surface area contributed by atoms with Crippen LogP contribution in [-0.4, -0.2) is 22.8 Å². The second kappa shape index (κ2) is 9.69. The van der Waals surface area contributed by atoms with Crippen molar-refractivity contribution >= 4 is 11.8 Å². The molecular formula is C25H28N2O4. The zero-order chi connectivity index (χ0) is 21.6. The molecule has 2 aromatic heterocycles. The average molecular weight is 421 g/mol. The smallest absolute Gasteiger partial charge is 0.290 e. The Balaban J connectivity index is 1.71. The van der Waals surface area contributed by atoms with Crippen LogP contribution in [-0.2, 0) is 17.8 Å². The zero-order valence-corrected chi connectivity index (χ0v) is 17.8. The summed E-state index contributed by atoms with van der Waals surface area (Å²) in [6, 6.07) is 14.1. The first-order chi connectivity index (χ1) is 15.2. The Morgan fingerprint density at radius 1 is 1.03 bits per heavy atom. The van der Waals surface area contributed by atoms with E-state index in [1.165, 1.54) is 16.7 Å². The molecule has 0 bridgehead atoms. The number of hydrogen-bond acceptors (Lipinski definition) is 4. The Bertz CT molecular complexity index is 971. The van der Waals surface area contributed by atoms with Crippen LogP contribution in [0.3, 0.4) is 0 Å². The summed E-state index contributed by atoms with van der Waals surface area (Å²) in [5.74, 6) is 0.259. The average Bonchev–Trinajstić information content (AvgIpc) is 3.57. The Labute approximate surface area is 182 Å². The monoisotopic (exact) mass is 420 g/mol. The SMILES string of the molecule is CCc1ccc([C@@H](C(=O)NC2CCCC2)N(Cc2ccco2)C(=O)c2ccco2)cc1. The van der Waals surface area contributed by atoms with Crippen LogP contribution < -0.4 is 5.32 Å². The molecule has 1 aromatic carbocycles. The summed E-state index contributed by atoms with van der Waals surface area (Å²) in [7, 11) is 0. The quantitative estimate of drug-likeness (QED) is 0.564. The zero-order valence-electron chi connectivity index (χ0n) is 17.8. The standard InChI is InChI=1S/C25H28N2O4/c1-2-18-11-13-19(14-12-18)23(24(28)26-20-7-3-4-8-20)27(17-21-9-5-15-30-21)25(29)22-10-6-16-31-22/h5-6,9-16,20,23H,2-4,7-8,17H2,1H3,(H,26,28)/t23-/m0/s1. The molecule has 0 spiro atoms. The normalized spacial score (nSPS) is 15.0. The minimum absolute atomic E-state index is 0.147. The minimum atomic E-state index is -0.797. The number of nitrogens with zero attached hydrogens (tertiary/aromatic N) is 1. The molecule has 2 amide bonds. The number of benzene rings is 1. The van der Waals surface area contributed by atoms with Gasteiger partial charge in [-0.15, -0.1) is 0 Å². The van der Waals surface area contributed by atoms with Gasteiger partial charge in [-0.2, -0.15) is 0 Å². The van der Waals surface area contributed by atoms with Crippen molar-refractivity contribution < 1.29 is 18.4 Å². The lowest BCUT2D eigenvalue weighted by Gasteiger charge is -2.31. The van der Waals surface area contributed by atoms with Gasteiger partial charge in [-0.1, -0.05) is 44.0 Å². The van der Waals surface area contributed by atoms with Crippen LogP contribution >= 0.6 is 0 Å². The van der Waals surface area contributed by atoms with Gasteiger partial charge in [-0.25, -0.2) is 0 Å². The lowest BCUT2D eigenvalue weighted by atomic mass is 10.0. The summed E-state index contributed by atoms with van der Waals surface area (Å²) >= 11 is 0. The van der Waals surface area contributed by atoms with Gasteiger partial charge in [-0.3, -0.25) is 9.59 Å². The Hall–Kier alpha value is -3.28. The fourth-order valence-electron chi connectivity index (χ4n) is 4.15. The molecule has 0 aliphatic heterocycles. The number of carbonyl (C=O) groups excluding carboxylic acids is 2. The maximum absolute atomic E-state index is 13.5. The van der Waals surface area contributed by atoms with E-state index < -0.39 is 6.04 Å². The lowest BCUT2D eigenvalue weighted by molar-refractivity contribution is -0.126. The van der Waals surface area contributed by atoms with E-state index >= 15 is 0 Å². The van der Waals surface area contributed by atoms with Gasteiger partial charge < -0.3 is 19.1 Å². The highest BCUT2D eigenvalue weighted by molar-refractivity contribution is 5.96. The number of furan rings is 2. The molecular weight excluding hydrogens is 392 g/mol. The fraction of sp³-hybridized carbons (Fsp3) is 0.360. The van der Waals surface area contributed by atoms with E-state index in [1.54, 1.807) is 30.5 Å². The van der Waals surface area contributed by atoms with E-state index in [2.05, 4.69) is 12.2 Å². The van der Waals surface area contributed by atoms with E-state index in [-0.39, 0.29) is 30.2 Å². The van der Waals surface area contributed by atoms with Crippen molar-refractivity contribution in [2.45, 2.75) is 57.7 Å². The fourth-order valence-corrected chi connectivity index (χ4v) is 4.15. The van der Waals surface area contributed by atoms with Gasteiger partial charge >= 0.3 is 0 Å². The van der Waals surface area contributed by atoms with Crippen LogP contribution in [0.5, 0.6) is 0 Å². The van der Waals surface area contributed by atoms with Crippen molar-refractivity contribution in [3.63, 3.8) is 0 Å². The number of amides is 2. The van der Waals surface area contributed by atoms with Crippen LogP contribution in [0.15, 0.2) is 69.9 Å². The number of nitrogens with one attached hydrogen (secondary N) is 1. The Morgan fingerprint density at radius 2 is 1.74 bits per heavy atom. The molecule has 1 fully saturated rings. The van der Waals surface area contributed by atoms with E-state index in [9.17, 15) is 9.59 Å². The molecule has 1 N–H and O–H groups in total. The molecule has 6 nitrogen and oxygen atoms in total. The molecule has 1 atom stereocenters. The maximum Gasteiger partial charge on any atom is 0.290 e. The van der Waals surface area contributed by atoms with Crippen molar-refractivity contribution in [2.24, 2.45) is 0 Å². The highest BCUT2D eigenvalue weighted by atomic mass is 16.3. The summed E-state index contributed by atoms with van der Waals surface area (Å²) in [5, 5.41) is 3.17. The topological polar surface area (TPSA) is 75.7 Å². The summed E-state index contributed by atoms with van der Waals surface area (Å²) in [5.41, 5.74) is 1.94.